The SMILES string of the molecule is Cc1c(C)c(C)c(-c2ccc(CN)cc2Cl)c(C)c1C. The number of rotatable bonds is 2. The molecule has 2 N–H and O–H groups in total. The largest absolute Gasteiger partial charge is 0.326 e. The van der Waals surface area contributed by atoms with Crippen molar-refractivity contribution in [1.82, 2.24) is 0 Å². The van der Waals surface area contributed by atoms with Crippen LogP contribution in [0.5, 0.6) is 0 Å². The molecular weight excluding hydrogens is 266 g/mol. The van der Waals surface area contributed by atoms with Crippen molar-refractivity contribution < 1.29 is 0 Å². The molecule has 0 spiro atoms. The second-order valence-corrected chi connectivity index (χ2v) is 5.93. The second-order valence-electron chi connectivity index (χ2n) is 5.52. The number of hydrogen-bond donors (Lipinski definition) is 1. The highest BCUT2D eigenvalue weighted by atomic mass is 35.5. The Morgan fingerprint density at radius 3 is 1.80 bits per heavy atom. The third-order valence-corrected chi connectivity index (χ3v) is 4.85. The van der Waals surface area contributed by atoms with E-state index in [-0.39, 0.29) is 0 Å². The minimum Gasteiger partial charge on any atom is -0.326 e. The average Bonchev–Trinajstić information content (AvgIpc) is 2.44. The summed E-state index contributed by atoms with van der Waals surface area (Å²) < 4.78 is 0. The molecule has 106 valence electrons. The summed E-state index contributed by atoms with van der Waals surface area (Å²) in [6.45, 7) is 11.4. The molecule has 0 saturated carbocycles. The van der Waals surface area contributed by atoms with Gasteiger partial charge in [0.2, 0.25) is 0 Å². The lowest BCUT2D eigenvalue weighted by atomic mass is 9.86. The van der Waals surface area contributed by atoms with Crippen LogP contribution >= 0.6 is 11.6 Å². The van der Waals surface area contributed by atoms with Crippen molar-refractivity contribution in [1.29, 1.82) is 0 Å². The molecule has 0 heterocycles. The fraction of sp³-hybridized carbons (Fsp3) is 0.333. The lowest BCUT2D eigenvalue weighted by molar-refractivity contribution is 1.07. The minimum absolute atomic E-state index is 0.518. The molecule has 0 aromatic heterocycles. The van der Waals surface area contributed by atoms with Gasteiger partial charge in [-0.3, -0.25) is 0 Å². The van der Waals surface area contributed by atoms with Gasteiger partial charge in [0.05, 0.1) is 0 Å². The van der Waals surface area contributed by atoms with Crippen molar-refractivity contribution in [2.75, 3.05) is 0 Å². The van der Waals surface area contributed by atoms with E-state index in [0.29, 0.717) is 6.54 Å². The van der Waals surface area contributed by atoms with Crippen LogP contribution < -0.4 is 5.73 Å². The summed E-state index contributed by atoms with van der Waals surface area (Å²) in [5.74, 6) is 0. The monoisotopic (exact) mass is 287 g/mol. The van der Waals surface area contributed by atoms with E-state index in [1.165, 1.54) is 33.4 Å². The third-order valence-electron chi connectivity index (χ3n) is 4.54. The van der Waals surface area contributed by atoms with Crippen LogP contribution in [0.4, 0.5) is 0 Å². The van der Waals surface area contributed by atoms with E-state index in [9.17, 15) is 0 Å². The molecule has 0 aliphatic carbocycles. The average molecular weight is 288 g/mol. The van der Waals surface area contributed by atoms with Gasteiger partial charge in [-0.15, -0.1) is 0 Å². The van der Waals surface area contributed by atoms with Gasteiger partial charge in [-0.2, -0.15) is 0 Å². The Labute approximate surface area is 126 Å². The van der Waals surface area contributed by atoms with Crippen LogP contribution in [0.1, 0.15) is 33.4 Å². The van der Waals surface area contributed by atoms with E-state index in [4.69, 9.17) is 17.3 Å². The fourth-order valence-corrected chi connectivity index (χ4v) is 3.09. The minimum atomic E-state index is 0.518. The molecule has 2 aromatic carbocycles. The maximum Gasteiger partial charge on any atom is 0.0487 e. The maximum atomic E-state index is 6.48. The van der Waals surface area contributed by atoms with Gasteiger partial charge in [-0.25, -0.2) is 0 Å². The predicted molar refractivity (Wildman–Crippen MR) is 88.5 cm³/mol. The maximum absolute atomic E-state index is 6.48. The van der Waals surface area contributed by atoms with Gasteiger partial charge < -0.3 is 5.73 Å². The Kier molecular flexibility index (Phi) is 4.22. The highest BCUT2D eigenvalue weighted by Gasteiger charge is 2.15. The first-order valence-corrected chi connectivity index (χ1v) is 7.32. The van der Waals surface area contributed by atoms with Crippen LogP contribution in [0, 0.1) is 34.6 Å². The van der Waals surface area contributed by atoms with Crippen LogP contribution in [-0.2, 0) is 6.54 Å². The number of benzene rings is 2. The summed E-state index contributed by atoms with van der Waals surface area (Å²) in [7, 11) is 0. The molecule has 0 amide bonds. The second kappa shape index (κ2) is 5.59. The summed E-state index contributed by atoms with van der Waals surface area (Å²) in [5, 5.41) is 0.779. The van der Waals surface area contributed by atoms with E-state index in [1.54, 1.807) is 0 Å². The van der Waals surface area contributed by atoms with Crippen LogP contribution in [0.15, 0.2) is 18.2 Å². The molecule has 2 rings (SSSR count). The topological polar surface area (TPSA) is 26.0 Å². The highest BCUT2D eigenvalue weighted by molar-refractivity contribution is 6.33. The lowest BCUT2D eigenvalue weighted by Gasteiger charge is -2.20. The molecule has 0 aliphatic heterocycles. The van der Waals surface area contributed by atoms with E-state index < -0.39 is 0 Å². The molecule has 0 unspecified atom stereocenters. The first-order valence-electron chi connectivity index (χ1n) is 6.94. The van der Waals surface area contributed by atoms with Gasteiger partial charge >= 0.3 is 0 Å². The van der Waals surface area contributed by atoms with Crippen molar-refractivity contribution in [3.8, 4) is 11.1 Å². The van der Waals surface area contributed by atoms with Crippen molar-refractivity contribution in [3.63, 3.8) is 0 Å². The molecule has 2 aromatic rings. The summed E-state index contributed by atoms with van der Waals surface area (Å²) in [5.41, 5.74) is 15.8. The van der Waals surface area contributed by atoms with Crippen molar-refractivity contribution in [2.24, 2.45) is 5.73 Å². The Morgan fingerprint density at radius 2 is 1.35 bits per heavy atom. The van der Waals surface area contributed by atoms with Crippen LogP contribution in [0.2, 0.25) is 5.02 Å². The number of hydrogen-bond acceptors (Lipinski definition) is 1. The molecule has 0 fully saturated rings. The molecule has 0 atom stereocenters. The summed E-state index contributed by atoms with van der Waals surface area (Å²) in [6, 6.07) is 6.12. The molecule has 0 bridgehead atoms. The molecule has 0 aliphatic rings. The Morgan fingerprint density at radius 1 is 0.850 bits per heavy atom. The predicted octanol–water partition coefficient (Wildman–Crippen LogP) is 5.01. The Hall–Kier alpha value is -1.31. The zero-order valence-corrected chi connectivity index (χ0v) is 13.7. The van der Waals surface area contributed by atoms with E-state index in [2.05, 4.69) is 46.8 Å². The zero-order chi connectivity index (χ0) is 15.0. The zero-order valence-electron chi connectivity index (χ0n) is 12.9. The lowest BCUT2D eigenvalue weighted by Crippen LogP contribution is -2.01. The smallest absolute Gasteiger partial charge is 0.0487 e. The molecule has 0 saturated heterocycles. The first-order chi connectivity index (χ1) is 9.38. The summed E-state index contributed by atoms with van der Waals surface area (Å²) in [4.78, 5) is 0. The van der Waals surface area contributed by atoms with Crippen LogP contribution in [-0.4, -0.2) is 0 Å². The van der Waals surface area contributed by atoms with Gasteiger partial charge in [0.25, 0.3) is 0 Å². The Bertz CT molecular complexity index is 643. The molecular formula is C18H22ClN. The summed E-state index contributed by atoms with van der Waals surface area (Å²) in [6.07, 6.45) is 0. The van der Waals surface area contributed by atoms with Crippen LogP contribution in [0.3, 0.4) is 0 Å². The number of nitrogens with two attached hydrogens (primary N) is 1. The quantitative estimate of drug-likeness (QED) is 0.826. The van der Waals surface area contributed by atoms with Crippen molar-refractivity contribution in [2.45, 2.75) is 41.2 Å². The first kappa shape index (κ1) is 15.1. The van der Waals surface area contributed by atoms with E-state index in [1.807, 2.05) is 6.07 Å². The molecule has 20 heavy (non-hydrogen) atoms. The van der Waals surface area contributed by atoms with Crippen LogP contribution in [0.25, 0.3) is 11.1 Å². The van der Waals surface area contributed by atoms with E-state index >= 15 is 0 Å². The van der Waals surface area contributed by atoms with E-state index in [0.717, 1.165) is 16.1 Å². The van der Waals surface area contributed by atoms with Crippen molar-refractivity contribution in [3.05, 3.63) is 56.6 Å². The molecule has 1 nitrogen and oxygen atoms in total. The number of halogens is 1. The third kappa shape index (κ3) is 2.36. The van der Waals surface area contributed by atoms with Gasteiger partial charge in [0, 0.05) is 17.1 Å². The van der Waals surface area contributed by atoms with Gasteiger partial charge in [-0.1, -0.05) is 23.7 Å². The van der Waals surface area contributed by atoms with Gasteiger partial charge in [-0.05, 0) is 79.6 Å². The normalized spacial score (nSPS) is 10.9. The van der Waals surface area contributed by atoms with Crippen molar-refractivity contribution >= 4 is 11.6 Å². The fourth-order valence-electron chi connectivity index (χ4n) is 2.79. The van der Waals surface area contributed by atoms with Gasteiger partial charge in [0.1, 0.15) is 0 Å². The standard InChI is InChI=1S/C18H22ClN/c1-10-11(2)13(4)18(14(5)12(10)3)16-7-6-15(9-20)8-17(16)19/h6-8H,9,20H2,1-5H3. The molecule has 2 heteroatoms. The van der Waals surface area contributed by atoms with Gasteiger partial charge in [0.15, 0.2) is 0 Å². The highest BCUT2D eigenvalue weighted by Crippen LogP contribution is 2.37. The molecule has 0 radical (unpaired) electrons. The Balaban J connectivity index is 2.76. The summed E-state index contributed by atoms with van der Waals surface area (Å²) >= 11 is 6.48.